The van der Waals surface area contributed by atoms with Crippen molar-refractivity contribution in [2.24, 2.45) is 0 Å². The molecule has 4 aromatic rings. The van der Waals surface area contributed by atoms with Crippen LogP contribution in [0.25, 0.3) is 5.76 Å². The van der Waals surface area contributed by atoms with Crippen molar-refractivity contribution in [1.82, 2.24) is 10.2 Å². The van der Waals surface area contributed by atoms with E-state index in [0.29, 0.717) is 39.3 Å². The van der Waals surface area contributed by atoms with Gasteiger partial charge in [0.05, 0.1) is 25.3 Å². The topological polar surface area (TPSA) is 102 Å². The Hall–Kier alpha value is -4.15. The SMILES string of the molecule is CCCCOc1ccc(C(O)=C2C(=O)C(=O)N(c3nnc(SCc4ccccc4)s3)C2c2ccc(OC)cc2)cc1. The van der Waals surface area contributed by atoms with E-state index in [1.165, 1.54) is 28.0 Å². The van der Waals surface area contributed by atoms with E-state index in [4.69, 9.17) is 9.47 Å². The number of methoxy groups -OCH3 is 1. The molecule has 0 aliphatic carbocycles. The number of ether oxygens (including phenoxy) is 2. The number of hydrogen-bond donors (Lipinski definition) is 1. The third-order valence-electron chi connectivity index (χ3n) is 6.58. The fraction of sp³-hybridized carbons (Fsp3) is 0.226. The lowest BCUT2D eigenvalue weighted by Gasteiger charge is -2.22. The molecule has 1 atom stereocenters. The second-order valence-corrected chi connectivity index (χ2v) is 11.5. The van der Waals surface area contributed by atoms with Gasteiger partial charge in [0.1, 0.15) is 17.3 Å². The molecule has 41 heavy (non-hydrogen) atoms. The van der Waals surface area contributed by atoms with Crippen molar-refractivity contribution < 1.29 is 24.2 Å². The first-order valence-corrected chi connectivity index (χ1v) is 15.0. The van der Waals surface area contributed by atoms with Gasteiger partial charge in [-0.3, -0.25) is 14.5 Å². The van der Waals surface area contributed by atoms with Gasteiger partial charge in [0.2, 0.25) is 5.13 Å². The maximum Gasteiger partial charge on any atom is 0.301 e. The molecule has 1 N–H and O–H groups in total. The zero-order valence-electron chi connectivity index (χ0n) is 22.6. The molecule has 3 aromatic carbocycles. The molecule has 1 aliphatic rings. The van der Waals surface area contributed by atoms with Crippen molar-refractivity contribution in [2.75, 3.05) is 18.6 Å². The van der Waals surface area contributed by atoms with Crippen molar-refractivity contribution in [3.8, 4) is 11.5 Å². The first-order valence-electron chi connectivity index (χ1n) is 13.2. The molecule has 1 fully saturated rings. The second-order valence-electron chi connectivity index (χ2n) is 9.29. The van der Waals surface area contributed by atoms with Crippen LogP contribution in [0.3, 0.4) is 0 Å². The van der Waals surface area contributed by atoms with Crippen molar-refractivity contribution in [2.45, 2.75) is 35.9 Å². The van der Waals surface area contributed by atoms with Gasteiger partial charge in [-0.2, -0.15) is 0 Å². The Labute approximate surface area is 246 Å². The molecule has 1 aromatic heterocycles. The molecule has 5 rings (SSSR count). The molecule has 0 saturated carbocycles. The number of benzene rings is 3. The number of aliphatic hydroxyl groups is 1. The largest absolute Gasteiger partial charge is 0.507 e. The first-order chi connectivity index (χ1) is 20.0. The summed E-state index contributed by atoms with van der Waals surface area (Å²) in [6, 6.07) is 22.9. The number of unbranched alkanes of at least 4 members (excludes halogenated alkanes) is 1. The number of carbonyl (C=O) groups excluding carboxylic acids is 2. The molecule has 8 nitrogen and oxygen atoms in total. The molecule has 2 heterocycles. The van der Waals surface area contributed by atoms with Gasteiger partial charge in [-0.05, 0) is 53.9 Å². The fourth-order valence-electron chi connectivity index (χ4n) is 4.41. The summed E-state index contributed by atoms with van der Waals surface area (Å²) in [7, 11) is 1.56. The molecule has 1 saturated heterocycles. The normalized spacial score (nSPS) is 16.2. The Balaban J connectivity index is 1.50. The third kappa shape index (κ3) is 6.28. The highest BCUT2D eigenvalue weighted by Gasteiger charge is 2.48. The van der Waals surface area contributed by atoms with Crippen LogP contribution in [-0.2, 0) is 15.3 Å². The number of thioether (sulfide) groups is 1. The molecular weight excluding hydrogens is 558 g/mol. The smallest absolute Gasteiger partial charge is 0.301 e. The van der Waals surface area contributed by atoms with Gasteiger partial charge in [-0.15, -0.1) is 10.2 Å². The summed E-state index contributed by atoms with van der Waals surface area (Å²) in [6.45, 7) is 2.68. The van der Waals surface area contributed by atoms with E-state index >= 15 is 0 Å². The van der Waals surface area contributed by atoms with Crippen molar-refractivity contribution in [3.63, 3.8) is 0 Å². The van der Waals surface area contributed by atoms with Crippen LogP contribution < -0.4 is 14.4 Å². The molecule has 0 radical (unpaired) electrons. The summed E-state index contributed by atoms with van der Waals surface area (Å²) in [5.41, 5.74) is 2.14. The lowest BCUT2D eigenvalue weighted by Crippen LogP contribution is -2.29. The number of anilines is 1. The highest BCUT2D eigenvalue weighted by molar-refractivity contribution is 8.00. The van der Waals surface area contributed by atoms with Gasteiger partial charge in [0, 0.05) is 11.3 Å². The van der Waals surface area contributed by atoms with Crippen LogP contribution in [0.2, 0.25) is 0 Å². The highest BCUT2D eigenvalue weighted by atomic mass is 32.2. The molecule has 1 unspecified atom stereocenters. The maximum atomic E-state index is 13.5. The number of carbonyl (C=O) groups is 2. The summed E-state index contributed by atoms with van der Waals surface area (Å²) in [5, 5.41) is 20.2. The second kappa shape index (κ2) is 13.0. The van der Waals surface area contributed by atoms with Crippen LogP contribution >= 0.6 is 23.1 Å². The van der Waals surface area contributed by atoms with Crippen LogP contribution in [0.5, 0.6) is 11.5 Å². The third-order valence-corrected chi connectivity index (χ3v) is 8.70. The summed E-state index contributed by atoms with van der Waals surface area (Å²) in [4.78, 5) is 28.3. The minimum atomic E-state index is -0.902. The predicted molar refractivity (Wildman–Crippen MR) is 161 cm³/mol. The lowest BCUT2D eigenvalue weighted by atomic mass is 9.95. The minimum Gasteiger partial charge on any atom is -0.507 e. The van der Waals surface area contributed by atoms with Crippen molar-refractivity contribution in [3.05, 3.63) is 101 Å². The van der Waals surface area contributed by atoms with Crippen LogP contribution in [-0.4, -0.2) is 40.7 Å². The molecule has 10 heteroatoms. The molecular formula is C31H29N3O5S2. The number of Topliss-reactive ketones (excluding diaryl/α,β-unsaturated/α-hetero) is 1. The van der Waals surface area contributed by atoms with Crippen LogP contribution in [0.15, 0.2) is 88.8 Å². The van der Waals surface area contributed by atoms with E-state index < -0.39 is 17.7 Å². The maximum absolute atomic E-state index is 13.5. The summed E-state index contributed by atoms with van der Waals surface area (Å²) >= 11 is 2.73. The van der Waals surface area contributed by atoms with E-state index in [9.17, 15) is 14.7 Å². The molecule has 0 bridgehead atoms. The summed E-state index contributed by atoms with van der Waals surface area (Å²) in [6.07, 6.45) is 1.96. The van der Waals surface area contributed by atoms with Gasteiger partial charge in [-0.25, -0.2) is 0 Å². The van der Waals surface area contributed by atoms with E-state index in [2.05, 4.69) is 17.1 Å². The highest BCUT2D eigenvalue weighted by Crippen LogP contribution is 2.44. The minimum absolute atomic E-state index is 0.0199. The molecule has 210 valence electrons. The van der Waals surface area contributed by atoms with Gasteiger partial charge in [0.15, 0.2) is 4.34 Å². The van der Waals surface area contributed by atoms with Crippen molar-refractivity contribution in [1.29, 1.82) is 0 Å². The van der Waals surface area contributed by atoms with Gasteiger partial charge in [-0.1, -0.05) is 78.9 Å². The van der Waals surface area contributed by atoms with Crippen LogP contribution in [0, 0.1) is 0 Å². The zero-order valence-corrected chi connectivity index (χ0v) is 24.3. The van der Waals surface area contributed by atoms with Crippen LogP contribution in [0.1, 0.15) is 42.5 Å². The number of rotatable bonds is 11. The fourth-order valence-corrected chi connectivity index (χ4v) is 6.23. The number of hydrogen-bond acceptors (Lipinski definition) is 9. The number of ketones is 1. The van der Waals surface area contributed by atoms with Crippen molar-refractivity contribution >= 4 is 45.7 Å². The van der Waals surface area contributed by atoms with E-state index in [1.807, 2.05) is 30.3 Å². The van der Waals surface area contributed by atoms with E-state index in [1.54, 1.807) is 55.6 Å². The summed E-state index contributed by atoms with van der Waals surface area (Å²) in [5.74, 6) is 0.142. The Morgan fingerprint density at radius 3 is 2.37 bits per heavy atom. The summed E-state index contributed by atoms with van der Waals surface area (Å²) < 4.78 is 11.7. The molecule has 1 amide bonds. The van der Waals surface area contributed by atoms with E-state index in [0.717, 1.165) is 18.4 Å². The molecule has 0 spiro atoms. The van der Waals surface area contributed by atoms with Gasteiger partial charge >= 0.3 is 5.91 Å². The van der Waals surface area contributed by atoms with Gasteiger partial charge < -0.3 is 14.6 Å². The monoisotopic (exact) mass is 587 g/mol. The number of nitrogens with zero attached hydrogens (tertiary/aromatic N) is 3. The average molecular weight is 588 g/mol. The van der Waals surface area contributed by atoms with Crippen LogP contribution in [0.4, 0.5) is 5.13 Å². The Morgan fingerprint density at radius 1 is 0.976 bits per heavy atom. The number of aromatic nitrogens is 2. The predicted octanol–water partition coefficient (Wildman–Crippen LogP) is 6.64. The standard InChI is InChI=1S/C31H29N3O5S2/c1-3-4-18-39-24-16-12-22(13-17-24)27(35)25-26(21-10-14-23(38-2)15-11-21)34(29(37)28(25)36)30-32-33-31(41-30)40-19-20-8-6-5-7-9-20/h5-17,26,35H,3-4,18-19H2,1-2H3. The molecule has 1 aliphatic heterocycles. The number of aliphatic hydroxyl groups excluding tert-OH is 1. The van der Waals surface area contributed by atoms with E-state index in [-0.39, 0.29) is 16.5 Å². The quantitative estimate of drug-likeness (QED) is 0.0520. The number of amides is 1. The zero-order chi connectivity index (χ0) is 28.8. The lowest BCUT2D eigenvalue weighted by molar-refractivity contribution is -0.132. The van der Waals surface area contributed by atoms with Gasteiger partial charge in [0.25, 0.3) is 5.78 Å². The Bertz CT molecular complexity index is 1540. The average Bonchev–Trinajstić information content (AvgIpc) is 3.58. The Kier molecular flexibility index (Phi) is 9.01. The first kappa shape index (κ1) is 28.4. The Morgan fingerprint density at radius 2 is 1.68 bits per heavy atom.